The van der Waals surface area contributed by atoms with Gasteiger partial charge >= 0.3 is 10.6 Å². The minimum absolute atomic E-state index is 0.352. The Bertz CT molecular complexity index is 345. The third-order valence-corrected chi connectivity index (χ3v) is 1.69. The molecule has 0 bridgehead atoms. The van der Waals surface area contributed by atoms with Crippen LogP contribution in [0.3, 0.4) is 0 Å². The zero-order valence-electron chi connectivity index (χ0n) is 6.46. The average Bonchev–Trinajstić information content (AvgIpc) is 2.29. The molecule has 0 aliphatic heterocycles. The minimum Gasteiger partial charge on any atom is -0.478 e. The first-order valence-electron chi connectivity index (χ1n) is 3.16. The summed E-state index contributed by atoms with van der Waals surface area (Å²) in [6, 6.07) is 0. The fourth-order valence-corrected chi connectivity index (χ4v) is 1.13. The number of hydrogen-bond acceptors (Lipinski definition) is 2. The molecule has 13 heavy (non-hydrogen) atoms. The summed E-state index contributed by atoms with van der Waals surface area (Å²) in [6.45, 7) is 0. The number of rotatable bonds is 2. The van der Waals surface area contributed by atoms with Crippen LogP contribution >= 0.6 is 23.2 Å². The van der Waals surface area contributed by atoms with Gasteiger partial charge in [-0.2, -0.15) is 5.10 Å². The number of aromatic carboxylic acids is 1. The van der Waals surface area contributed by atoms with Crippen LogP contribution in [0, 0.1) is 0 Å². The van der Waals surface area contributed by atoms with Gasteiger partial charge in [-0.05, 0) is 0 Å². The Hall–Kier alpha value is -0.810. The van der Waals surface area contributed by atoms with E-state index in [4.69, 9.17) is 28.3 Å². The second-order valence-corrected chi connectivity index (χ2v) is 3.60. The van der Waals surface area contributed by atoms with Gasteiger partial charge in [0.2, 0.25) is 0 Å². The molecule has 4 nitrogen and oxygen atoms in total. The van der Waals surface area contributed by atoms with Crippen molar-refractivity contribution in [2.45, 2.75) is 4.59 Å². The standard InChI is InChI=1S/C6H5Cl2FN2O2/c1-11-2-3(5(12)13)4(10-11)6(7,8)9/h2H,1H3,(H,12,13). The molecule has 0 saturated carbocycles. The van der Waals surface area contributed by atoms with Crippen LogP contribution < -0.4 is 0 Å². The van der Waals surface area contributed by atoms with Crippen molar-refractivity contribution >= 4 is 29.2 Å². The van der Waals surface area contributed by atoms with E-state index in [1.165, 1.54) is 7.05 Å². The summed E-state index contributed by atoms with van der Waals surface area (Å²) in [6.07, 6.45) is 1.12. The zero-order chi connectivity index (χ0) is 10.2. The molecular formula is C6H5Cl2FN2O2. The van der Waals surface area contributed by atoms with Crippen molar-refractivity contribution in [2.75, 3.05) is 0 Å². The van der Waals surface area contributed by atoms with Crippen molar-refractivity contribution in [2.24, 2.45) is 7.05 Å². The number of halogens is 3. The number of carboxylic acid groups (broad SMARTS) is 1. The molecule has 1 heterocycles. The Morgan fingerprint density at radius 3 is 2.62 bits per heavy atom. The van der Waals surface area contributed by atoms with Crippen LogP contribution in [0.4, 0.5) is 4.39 Å². The number of carbonyl (C=O) groups is 1. The normalized spacial score (nSPS) is 11.7. The van der Waals surface area contributed by atoms with E-state index in [9.17, 15) is 9.18 Å². The highest BCUT2D eigenvalue weighted by atomic mass is 35.5. The third-order valence-electron chi connectivity index (χ3n) is 1.33. The molecule has 1 aromatic heterocycles. The average molecular weight is 227 g/mol. The van der Waals surface area contributed by atoms with Gasteiger partial charge in [-0.1, -0.05) is 23.2 Å². The second-order valence-electron chi connectivity index (χ2n) is 2.37. The number of hydrogen-bond donors (Lipinski definition) is 1. The molecule has 0 radical (unpaired) electrons. The first-order valence-corrected chi connectivity index (χ1v) is 3.92. The maximum atomic E-state index is 12.9. The number of carboxylic acids is 1. The number of aromatic nitrogens is 2. The van der Waals surface area contributed by atoms with Crippen molar-refractivity contribution in [1.29, 1.82) is 0 Å². The van der Waals surface area contributed by atoms with Crippen LogP contribution in [0.15, 0.2) is 6.20 Å². The Kier molecular flexibility index (Phi) is 2.49. The molecule has 1 rings (SSSR count). The molecular weight excluding hydrogens is 222 g/mol. The minimum atomic E-state index is -2.78. The highest BCUT2D eigenvalue weighted by Crippen LogP contribution is 2.35. The fraction of sp³-hybridized carbons (Fsp3) is 0.333. The maximum absolute atomic E-state index is 12.9. The van der Waals surface area contributed by atoms with Gasteiger partial charge in [0.15, 0.2) is 0 Å². The monoisotopic (exact) mass is 226 g/mol. The number of alkyl halides is 3. The van der Waals surface area contributed by atoms with Gasteiger partial charge in [-0.15, -0.1) is 0 Å². The highest BCUT2D eigenvalue weighted by molar-refractivity contribution is 6.46. The van der Waals surface area contributed by atoms with Crippen LogP contribution in [0.1, 0.15) is 16.1 Å². The molecule has 0 unspecified atom stereocenters. The lowest BCUT2D eigenvalue weighted by Gasteiger charge is -2.05. The van der Waals surface area contributed by atoms with Crippen molar-refractivity contribution < 1.29 is 14.3 Å². The maximum Gasteiger partial charge on any atom is 0.339 e. The van der Waals surface area contributed by atoms with E-state index in [1.54, 1.807) is 0 Å². The molecule has 1 aromatic rings. The van der Waals surface area contributed by atoms with Gasteiger partial charge < -0.3 is 5.11 Å². The molecule has 0 spiro atoms. The van der Waals surface area contributed by atoms with Gasteiger partial charge in [0.25, 0.3) is 0 Å². The predicted octanol–water partition coefficient (Wildman–Crippen LogP) is 1.68. The van der Waals surface area contributed by atoms with E-state index in [2.05, 4.69) is 5.10 Å². The lowest BCUT2D eigenvalue weighted by molar-refractivity contribution is 0.0694. The summed E-state index contributed by atoms with van der Waals surface area (Å²) in [5.74, 6) is -1.33. The summed E-state index contributed by atoms with van der Waals surface area (Å²) in [5.41, 5.74) is -0.860. The molecule has 0 aliphatic carbocycles. The molecule has 0 atom stereocenters. The first kappa shape index (κ1) is 10.3. The molecule has 0 aromatic carbocycles. The van der Waals surface area contributed by atoms with E-state index in [-0.39, 0.29) is 5.56 Å². The van der Waals surface area contributed by atoms with Gasteiger partial charge in [0.05, 0.1) is 0 Å². The lowest BCUT2D eigenvalue weighted by Crippen LogP contribution is -2.09. The van der Waals surface area contributed by atoms with Crippen molar-refractivity contribution in [3.05, 3.63) is 17.5 Å². The van der Waals surface area contributed by atoms with E-state index in [1.807, 2.05) is 0 Å². The molecule has 72 valence electrons. The molecule has 7 heteroatoms. The Morgan fingerprint density at radius 2 is 2.31 bits per heavy atom. The van der Waals surface area contributed by atoms with Gasteiger partial charge in [0.1, 0.15) is 11.3 Å². The molecule has 0 aliphatic rings. The van der Waals surface area contributed by atoms with E-state index < -0.39 is 16.3 Å². The number of nitrogens with zero attached hydrogens (tertiary/aromatic N) is 2. The van der Waals surface area contributed by atoms with E-state index in [0.29, 0.717) is 0 Å². The molecule has 0 amide bonds. The lowest BCUT2D eigenvalue weighted by atomic mass is 10.2. The van der Waals surface area contributed by atoms with Crippen molar-refractivity contribution in [1.82, 2.24) is 9.78 Å². The molecule has 1 N–H and O–H groups in total. The van der Waals surface area contributed by atoms with E-state index >= 15 is 0 Å². The Balaban J connectivity index is 3.28. The Labute approximate surface area is 82.9 Å². The van der Waals surface area contributed by atoms with Crippen LogP contribution in [0.5, 0.6) is 0 Å². The number of aryl methyl sites for hydroxylation is 1. The zero-order valence-corrected chi connectivity index (χ0v) is 7.97. The summed E-state index contributed by atoms with van der Waals surface area (Å²) < 4.78 is 11.3. The molecule has 0 fully saturated rings. The predicted molar refractivity (Wildman–Crippen MR) is 44.7 cm³/mol. The van der Waals surface area contributed by atoms with Crippen molar-refractivity contribution in [3.63, 3.8) is 0 Å². The molecule has 0 saturated heterocycles. The van der Waals surface area contributed by atoms with Crippen LogP contribution in [0.25, 0.3) is 0 Å². The third kappa shape index (κ3) is 2.10. The van der Waals surface area contributed by atoms with Gasteiger partial charge in [0, 0.05) is 13.2 Å². The SMILES string of the molecule is Cn1cc(C(=O)O)c(C(F)(Cl)Cl)n1. The Morgan fingerprint density at radius 1 is 1.77 bits per heavy atom. The van der Waals surface area contributed by atoms with Gasteiger partial charge in [-0.25, -0.2) is 9.18 Å². The van der Waals surface area contributed by atoms with Crippen LogP contribution in [0.2, 0.25) is 0 Å². The fourth-order valence-electron chi connectivity index (χ4n) is 0.854. The van der Waals surface area contributed by atoms with E-state index in [0.717, 1.165) is 10.9 Å². The van der Waals surface area contributed by atoms with Crippen LogP contribution in [-0.4, -0.2) is 20.9 Å². The van der Waals surface area contributed by atoms with Crippen molar-refractivity contribution in [3.8, 4) is 0 Å². The summed E-state index contributed by atoms with van der Waals surface area (Å²) in [4.78, 5) is 10.5. The smallest absolute Gasteiger partial charge is 0.339 e. The topological polar surface area (TPSA) is 55.1 Å². The summed E-state index contributed by atoms with van der Waals surface area (Å²) in [5, 5.41) is 12.1. The first-order chi connectivity index (χ1) is 5.82. The second kappa shape index (κ2) is 3.16. The largest absolute Gasteiger partial charge is 0.478 e. The van der Waals surface area contributed by atoms with Gasteiger partial charge in [-0.3, -0.25) is 4.68 Å². The summed E-state index contributed by atoms with van der Waals surface area (Å²) in [7, 11) is 1.44. The van der Waals surface area contributed by atoms with Crippen LogP contribution in [-0.2, 0) is 11.6 Å². The highest BCUT2D eigenvalue weighted by Gasteiger charge is 2.34. The summed E-state index contributed by atoms with van der Waals surface area (Å²) >= 11 is 10.2. The quantitative estimate of drug-likeness (QED) is 0.782.